The van der Waals surface area contributed by atoms with Gasteiger partial charge < -0.3 is 50.2 Å². The van der Waals surface area contributed by atoms with E-state index in [1.54, 1.807) is 72.8 Å². The number of amides is 1. The van der Waals surface area contributed by atoms with E-state index < -0.39 is 5.43 Å². The van der Waals surface area contributed by atoms with Crippen molar-refractivity contribution >= 4 is 29.0 Å². The molecule has 1 amide bonds. The van der Waals surface area contributed by atoms with Crippen LogP contribution in [0.3, 0.4) is 0 Å². The summed E-state index contributed by atoms with van der Waals surface area (Å²) in [5.41, 5.74) is 3.05. The van der Waals surface area contributed by atoms with Crippen LogP contribution in [-0.2, 0) is 11.3 Å². The molecule has 0 saturated heterocycles. The number of phenolic OH excluding ortho intramolecular Hbond substituents is 7. The van der Waals surface area contributed by atoms with Gasteiger partial charge in [0.2, 0.25) is 11.3 Å². The highest BCUT2D eigenvalue weighted by Gasteiger charge is 2.14. The van der Waals surface area contributed by atoms with Gasteiger partial charge in [0.15, 0.2) is 11.5 Å². The van der Waals surface area contributed by atoms with Gasteiger partial charge in [0.1, 0.15) is 51.7 Å². The first kappa shape index (κ1) is 44.4. The highest BCUT2D eigenvalue weighted by molar-refractivity contribution is 5.88. The predicted molar refractivity (Wildman–Crippen MR) is 229 cm³/mol. The Balaban J connectivity index is 0.000000197. The maximum atomic E-state index is 12.4. The van der Waals surface area contributed by atoms with Gasteiger partial charge in [-0.15, -0.1) is 0 Å². The van der Waals surface area contributed by atoms with Gasteiger partial charge in [-0.25, -0.2) is 0 Å². The Labute approximate surface area is 341 Å². The lowest BCUT2D eigenvalue weighted by Gasteiger charge is -2.08. The molecule has 8 N–H and O–H groups in total. The fraction of sp³-hybridized carbons (Fsp3) is 0.191. The first-order valence-electron chi connectivity index (χ1n) is 18.8. The van der Waals surface area contributed by atoms with Crippen LogP contribution in [0, 0.1) is 5.92 Å². The molecule has 0 radical (unpaired) electrons. The molecule has 1 heterocycles. The number of methoxy groups -OCH3 is 1. The van der Waals surface area contributed by atoms with Crippen LogP contribution in [-0.4, -0.2) is 48.8 Å². The highest BCUT2D eigenvalue weighted by Crippen LogP contribution is 2.30. The zero-order valence-electron chi connectivity index (χ0n) is 33.0. The molecule has 0 saturated carbocycles. The number of nitrogens with one attached hydrogen (secondary N) is 1. The number of aromatic hydroxyl groups is 7. The summed E-state index contributed by atoms with van der Waals surface area (Å²) >= 11 is 0. The lowest BCUT2D eigenvalue weighted by atomic mass is 10.0. The van der Waals surface area contributed by atoms with E-state index in [-0.39, 0.29) is 62.7 Å². The van der Waals surface area contributed by atoms with Crippen LogP contribution < -0.4 is 15.5 Å². The second-order valence-electron chi connectivity index (χ2n) is 13.8. The van der Waals surface area contributed by atoms with Gasteiger partial charge in [-0.2, -0.15) is 0 Å². The number of allylic oxidation sites excluding steroid dienone is 2. The largest absolute Gasteiger partial charge is 0.508 e. The van der Waals surface area contributed by atoms with E-state index in [0.717, 1.165) is 36.5 Å². The maximum absolute atomic E-state index is 12.4. The van der Waals surface area contributed by atoms with E-state index >= 15 is 0 Å². The number of carbonyl (C=O) groups is 1. The normalized spacial score (nSPS) is 10.9. The van der Waals surface area contributed by atoms with Crippen LogP contribution in [0.25, 0.3) is 34.2 Å². The van der Waals surface area contributed by atoms with Crippen molar-refractivity contribution in [3.63, 3.8) is 0 Å². The Bertz CT molecular complexity index is 2400. The average Bonchev–Trinajstić information content (AvgIpc) is 3.19. The Hall–Kier alpha value is -7.34. The third-order valence-corrected chi connectivity index (χ3v) is 8.59. The summed E-state index contributed by atoms with van der Waals surface area (Å²) in [5, 5.41) is 68.5. The molecule has 59 heavy (non-hydrogen) atoms. The monoisotopic (exact) mass is 803 g/mol. The first-order chi connectivity index (χ1) is 28.2. The summed E-state index contributed by atoms with van der Waals surface area (Å²) in [6, 6.07) is 24.6. The Morgan fingerprint density at radius 1 is 0.712 bits per heavy atom. The Kier molecular flexibility index (Phi) is 16.4. The molecule has 1 aromatic heterocycles. The summed E-state index contributed by atoms with van der Waals surface area (Å²) in [4.78, 5) is 24.2. The molecule has 0 aliphatic carbocycles. The number of hydrogen-bond acceptors (Lipinski definition) is 11. The quantitative estimate of drug-likeness (QED) is 0.0332. The zero-order chi connectivity index (χ0) is 42.9. The number of fused-ring (bicyclic) bond motifs is 1. The fourth-order valence-corrected chi connectivity index (χ4v) is 5.59. The van der Waals surface area contributed by atoms with E-state index in [0.29, 0.717) is 35.8 Å². The van der Waals surface area contributed by atoms with Crippen molar-refractivity contribution in [2.24, 2.45) is 5.92 Å². The molecule has 0 aliphatic rings. The van der Waals surface area contributed by atoms with E-state index in [1.807, 2.05) is 6.08 Å². The van der Waals surface area contributed by atoms with Crippen molar-refractivity contribution in [1.82, 2.24) is 5.32 Å². The van der Waals surface area contributed by atoms with Gasteiger partial charge in [-0.1, -0.05) is 68.5 Å². The van der Waals surface area contributed by atoms with Crippen LogP contribution in [0.1, 0.15) is 56.2 Å². The summed E-state index contributed by atoms with van der Waals surface area (Å²) in [7, 11) is 1.51. The molecule has 0 bridgehead atoms. The van der Waals surface area contributed by atoms with Gasteiger partial charge in [0.05, 0.1) is 12.7 Å². The lowest BCUT2D eigenvalue weighted by Crippen LogP contribution is -2.22. The predicted octanol–water partition coefficient (Wildman–Crippen LogP) is 9.34. The molecular weight excluding hydrogens is 755 g/mol. The number of ether oxygens (including phenoxy) is 1. The number of hydrogen-bond donors (Lipinski definition) is 8. The number of benzene rings is 5. The average molecular weight is 804 g/mol. The minimum atomic E-state index is -0.408. The molecule has 12 heteroatoms. The van der Waals surface area contributed by atoms with Crippen LogP contribution in [0.2, 0.25) is 0 Å². The third kappa shape index (κ3) is 14.3. The maximum Gasteiger partial charge on any atom is 0.220 e. The highest BCUT2D eigenvalue weighted by atomic mass is 16.5. The van der Waals surface area contributed by atoms with Gasteiger partial charge in [0, 0.05) is 31.2 Å². The number of carbonyl (C=O) groups excluding carboxylic acids is 1. The molecule has 0 spiro atoms. The van der Waals surface area contributed by atoms with Crippen LogP contribution in [0.15, 0.2) is 125 Å². The molecule has 6 aromatic rings. The van der Waals surface area contributed by atoms with Crippen molar-refractivity contribution in [3.05, 3.63) is 142 Å². The molecule has 12 nitrogen and oxygen atoms in total. The Morgan fingerprint density at radius 3 is 1.98 bits per heavy atom. The van der Waals surface area contributed by atoms with Crippen LogP contribution in [0.4, 0.5) is 0 Å². The first-order valence-corrected chi connectivity index (χ1v) is 18.8. The smallest absolute Gasteiger partial charge is 0.220 e. The minimum absolute atomic E-state index is 0.00775. The van der Waals surface area contributed by atoms with Crippen LogP contribution >= 0.6 is 0 Å². The molecule has 5 aromatic carbocycles. The standard InChI is InChI=1S/C18H27NO3.C15H10O5.C14H12O3/c1-14(2)8-6-4-5-7-9-18(21)19-13-15-10-11-16(20)17(12-15)22-3;16-9-3-1-8(2-4-9)11-7-20-13-6-10(17)5-12(18)14(13)15(11)19;15-12-5-3-10(4-6-12)1-2-11-7-13(16)9-14(17)8-11/h6,8,10-12,14,20H,4-5,7,9,13H2,1-3H3,(H,19,21);1-7,16-18H;1-9,15-17H/b8-6+;;2-1+. The molecular formula is C47H49NO11. The van der Waals surface area contributed by atoms with E-state index in [9.17, 15) is 40.2 Å². The second-order valence-corrected chi connectivity index (χ2v) is 13.8. The molecule has 6 rings (SSSR count). The topological polar surface area (TPSA) is 210 Å². The van der Waals surface area contributed by atoms with Gasteiger partial charge in [0.25, 0.3) is 0 Å². The van der Waals surface area contributed by atoms with E-state index in [2.05, 4.69) is 31.3 Å². The van der Waals surface area contributed by atoms with Crippen molar-refractivity contribution in [1.29, 1.82) is 0 Å². The molecule has 0 atom stereocenters. The van der Waals surface area contributed by atoms with Gasteiger partial charge in [-0.05, 0) is 96.0 Å². The van der Waals surface area contributed by atoms with Gasteiger partial charge in [-0.3, -0.25) is 9.59 Å². The van der Waals surface area contributed by atoms with E-state index in [1.165, 1.54) is 37.6 Å². The summed E-state index contributed by atoms with van der Waals surface area (Å²) in [6.07, 6.45) is 12.7. The van der Waals surface area contributed by atoms with Crippen LogP contribution in [0.5, 0.6) is 46.0 Å². The summed E-state index contributed by atoms with van der Waals surface area (Å²) in [5.74, 6) is 1.00. The lowest BCUT2D eigenvalue weighted by molar-refractivity contribution is -0.121. The second kappa shape index (κ2) is 21.8. The third-order valence-electron chi connectivity index (χ3n) is 8.59. The molecule has 0 aliphatic heterocycles. The van der Waals surface area contributed by atoms with Crippen molar-refractivity contribution < 1.29 is 49.7 Å². The van der Waals surface area contributed by atoms with Crippen molar-refractivity contribution in [2.45, 2.75) is 46.1 Å². The molecule has 0 unspecified atom stereocenters. The van der Waals surface area contributed by atoms with Gasteiger partial charge >= 0.3 is 0 Å². The Morgan fingerprint density at radius 2 is 1.34 bits per heavy atom. The zero-order valence-corrected chi connectivity index (χ0v) is 33.0. The number of phenols is 7. The van der Waals surface area contributed by atoms with Crippen molar-refractivity contribution in [2.75, 3.05) is 7.11 Å². The number of unbranched alkanes of at least 4 members (excludes halogenated alkanes) is 2. The minimum Gasteiger partial charge on any atom is -0.508 e. The summed E-state index contributed by atoms with van der Waals surface area (Å²) in [6.45, 7) is 4.76. The van der Waals surface area contributed by atoms with Crippen molar-refractivity contribution in [3.8, 4) is 57.1 Å². The molecule has 308 valence electrons. The SMILES string of the molecule is COc1cc(CNC(=O)CCCC/C=C/C(C)C)ccc1O.O=c1c(-c2ccc(O)cc2)coc2cc(O)cc(O)c12.Oc1ccc(/C=C/c2cc(O)cc(O)c2)cc1. The van der Waals surface area contributed by atoms with E-state index in [4.69, 9.17) is 14.3 Å². The molecule has 0 fully saturated rings. The fourth-order valence-electron chi connectivity index (χ4n) is 5.59. The summed E-state index contributed by atoms with van der Waals surface area (Å²) < 4.78 is 10.3. The number of rotatable bonds is 12.